The molecule has 1 aromatic carbocycles. The third-order valence-corrected chi connectivity index (χ3v) is 2.23. The van der Waals surface area contributed by atoms with E-state index in [1.807, 2.05) is 37.3 Å². The zero-order valence-electron chi connectivity index (χ0n) is 8.55. The molecule has 2 unspecified atom stereocenters. The van der Waals surface area contributed by atoms with Crippen molar-refractivity contribution in [3.63, 3.8) is 0 Å². The van der Waals surface area contributed by atoms with E-state index in [2.05, 4.69) is 5.32 Å². The Bertz CT molecular complexity index is 313. The molecule has 2 atom stereocenters. The molecule has 0 aromatic heterocycles. The summed E-state index contributed by atoms with van der Waals surface area (Å²) < 4.78 is 0. The van der Waals surface area contributed by atoms with E-state index in [1.165, 1.54) is 0 Å². The minimum absolute atomic E-state index is 0.0977. The van der Waals surface area contributed by atoms with Gasteiger partial charge in [0.25, 0.3) is 0 Å². The Morgan fingerprint density at radius 3 is 2.47 bits per heavy atom. The Kier molecular flexibility index (Phi) is 4.27. The van der Waals surface area contributed by atoms with E-state index < -0.39 is 18.6 Å². The van der Waals surface area contributed by atoms with Gasteiger partial charge in [-0.15, -0.1) is 0 Å². The van der Waals surface area contributed by atoms with Crippen LogP contribution in [0.4, 0.5) is 0 Å². The van der Waals surface area contributed by atoms with Crippen molar-refractivity contribution in [3.05, 3.63) is 35.9 Å². The van der Waals surface area contributed by atoms with Crippen LogP contribution in [0.2, 0.25) is 0 Å². The second-order valence-corrected chi connectivity index (χ2v) is 3.37. The van der Waals surface area contributed by atoms with Crippen molar-refractivity contribution in [1.29, 1.82) is 0 Å². The second kappa shape index (κ2) is 5.48. The van der Waals surface area contributed by atoms with E-state index >= 15 is 0 Å². The Balaban J connectivity index is 2.62. The molecule has 0 aliphatic carbocycles. The van der Waals surface area contributed by atoms with Crippen LogP contribution in [0.15, 0.2) is 30.3 Å². The Morgan fingerprint density at radius 2 is 2.00 bits per heavy atom. The lowest BCUT2D eigenvalue weighted by Crippen LogP contribution is -2.41. The van der Waals surface area contributed by atoms with Crippen molar-refractivity contribution < 1.29 is 15.0 Å². The Hall–Kier alpha value is -1.39. The highest BCUT2D eigenvalue weighted by Gasteiger charge is 2.18. The molecule has 15 heavy (non-hydrogen) atoms. The second-order valence-electron chi connectivity index (χ2n) is 3.37. The number of benzene rings is 1. The van der Waals surface area contributed by atoms with Crippen LogP contribution >= 0.6 is 0 Å². The quantitative estimate of drug-likeness (QED) is 0.670. The first-order valence-corrected chi connectivity index (χ1v) is 4.79. The summed E-state index contributed by atoms with van der Waals surface area (Å²) in [5, 5.41) is 20.4. The molecule has 0 heterocycles. The number of nitrogens with one attached hydrogen (secondary N) is 1. The molecule has 1 aromatic rings. The summed E-state index contributed by atoms with van der Waals surface area (Å²) in [5.41, 5.74) is 0.997. The standard InChI is InChI=1S/C11H15NO3/c1-8(9-5-3-2-4-6-9)12-10(7-13)11(14)15/h2-6,8,10,12-13H,7H2,1H3,(H,14,15). The van der Waals surface area contributed by atoms with Gasteiger partial charge in [-0.3, -0.25) is 10.1 Å². The van der Waals surface area contributed by atoms with E-state index in [1.54, 1.807) is 0 Å². The van der Waals surface area contributed by atoms with Crippen molar-refractivity contribution in [3.8, 4) is 0 Å². The number of aliphatic hydroxyl groups is 1. The largest absolute Gasteiger partial charge is 0.480 e. The van der Waals surface area contributed by atoms with Gasteiger partial charge in [0.15, 0.2) is 0 Å². The third-order valence-electron chi connectivity index (χ3n) is 2.23. The highest BCUT2D eigenvalue weighted by atomic mass is 16.4. The first-order chi connectivity index (χ1) is 7.15. The van der Waals surface area contributed by atoms with Gasteiger partial charge in [-0.25, -0.2) is 0 Å². The molecule has 3 N–H and O–H groups in total. The van der Waals surface area contributed by atoms with E-state index in [4.69, 9.17) is 10.2 Å². The van der Waals surface area contributed by atoms with Crippen LogP contribution in [-0.4, -0.2) is 28.8 Å². The molecule has 0 aliphatic heterocycles. The molecule has 0 radical (unpaired) electrons. The number of carboxylic acid groups (broad SMARTS) is 1. The zero-order chi connectivity index (χ0) is 11.3. The molecule has 0 bridgehead atoms. The first-order valence-electron chi connectivity index (χ1n) is 4.79. The van der Waals surface area contributed by atoms with Crippen molar-refractivity contribution >= 4 is 5.97 Å². The fourth-order valence-corrected chi connectivity index (χ4v) is 1.34. The lowest BCUT2D eigenvalue weighted by Gasteiger charge is -2.18. The van der Waals surface area contributed by atoms with E-state index in [0.29, 0.717) is 0 Å². The number of rotatable bonds is 5. The van der Waals surface area contributed by atoms with Gasteiger partial charge in [-0.05, 0) is 12.5 Å². The smallest absolute Gasteiger partial charge is 0.323 e. The highest BCUT2D eigenvalue weighted by molar-refractivity contribution is 5.73. The summed E-state index contributed by atoms with van der Waals surface area (Å²) in [5.74, 6) is -1.04. The molecule has 0 aliphatic rings. The third kappa shape index (κ3) is 3.34. The minimum atomic E-state index is -1.04. The van der Waals surface area contributed by atoms with Crippen molar-refractivity contribution in [2.75, 3.05) is 6.61 Å². The molecular formula is C11H15NO3. The first kappa shape index (κ1) is 11.7. The predicted molar refractivity (Wildman–Crippen MR) is 56.5 cm³/mol. The average molecular weight is 209 g/mol. The lowest BCUT2D eigenvalue weighted by atomic mass is 10.1. The monoisotopic (exact) mass is 209 g/mol. The van der Waals surface area contributed by atoms with Crippen LogP contribution in [0, 0.1) is 0 Å². The van der Waals surface area contributed by atoms with Crippen LogP contribution < -0.4 is 5.32 Å². The average Bonchev–Trinajstić information content (AvgIpc) is 2.26. The maximum atomic E-state index is 10.7. The molecule has 1 rings (SSSR count). The highest BCUT2D eigenvalue weighted by Crippen LogP contribution is 2.11. The lowest BCUT2D eigenvalue weighted by molar-refractivity contribution is -0.140. The number of carboxylic acids is 1. The van der Waals surface area contributed by atoms with Crippen LogP contribution in [0.5, 0.6) is 0 Å². The summed E-state index contributed by atoms with van der Waals surface area (Å²) in [6.07, 6.45) is 0. The normalized spacial score (nSPS) is 14.5. The number of hydrogen-bond donors (Lipinski definition) is 3. The fraction of sp³-hybridized carbons (Fsp3) is 0.364. The van der Waals surface area contributed by atoms with Gasteiger partial charge < -0.3 is 10.2 Å². The molecular weight excluding hydrogens is 194 g/mol. The molecule has 0 saturated heterocycles. The fourth-order valence-electron chi connectivity index (χ4n) is 1.34. The number of hydrogen-bond acceptors (Lipinski definition) is 3. The van der Waals surface area contributed by atoms with E-state index in [-0.39, 0.29) is 6.04 Å². The topological polar surface area (TPSA) is 69.6 Å². The molecule has 4 heteroatoms. The molecule has 0 amide bonds. The number of aliphatic carboxylic acids is 1. The number of carbonyl (C=O) groups is 1. The summed E-state index contributed by atoms with van der Waals surface area (Å²) in [6, 6.07) is 8.49. The summed E-state index contributed by atoms with van der Waals surface area (Å²) in [4.78, 5) is 10.7. The maximum absolute atomic E-state index is 10.7. The van der Waals surface area contributed by atoms with Crippen molar-refractivity contribution in [2.45, 2.75) is 19.0 Å². The van der Waals surface area contributed by atoms with Gasteiger partial charge in [0.05, 0.1) is 6.61 Å². The van der Waals surface area contributed by atoms with Crippen LogP contribution in [0.3, 0.4) is 0 Å². The summed E-state index contributed by atoms with van der Waals surface area (Å²) >= 11 is 0. The molecule has 0 saturated carbocycles. The molecule has 82 valence electrons. The number of aliphatic hydroxyl groups excluding tert-OH is 1. The molecule has 4 nitrogen and oxygen atoms in total. The van der Waals surface area contributed by atoms with Crippen molar-refractivity contribution in [2.24, 2.45) is 0 Å². The van der Waals surface area contributed by atoms with Crippen LogP contribution in [-0.2, 0) is 4.79 Å². The summed E-state index contributed by atoms with van der Waals surface area (Å²) in [6.45, 7) is 1.45. The van der Waals surface area contributed by atoms with E-state index in [9.17, 15) is 4.79 Å². The van der Waals surface area contributed by atoms with Crippen molar-refractivity contribution in [1.82, 2.24) is 5.32 Å². The Labute approximate surface area is 88.6 Å². The zero-order valence-corrected chi connectivity index (χ0v) is 8.55. The summed E-state index contributed by atoms with van der Waals surface area (Å²) in [7, 11) is 0. The maximum Gasteiger partial charge on any atom is 0.323 e. The Morgan fingerprint density at radius 1 is 1.40 bits per heavy atom. The van der Waals surface area contributed by atoms with E-state index in [0.717, 1.165) is 5.56 Å². The predicted octanol–water partition coefficient (Wildman–Crippen LogP) is 0.783. The molecule has 0 fully saturated rings. The van der Waals surface area contributed by atoms with Gasteiger partial charge in [-0.1, -0.05) is 30.3 Å². The van der Waals surface area contributed by atoms with Crippen LogP contribution in [0.25, 0.3) is 0 Å². The van der Waals surface area contributed by atoms with Gasteiger partial charge in [0.1, 0.15) is 6.04 Å². The van der Waals surface area contributed by atoms with Gasteiger partial charge >= 0.3 is 5.97 Å². The minimum Gasteiger partial charge on any atom is -0.480 e. The van der Waals surface area contributed by atoms with Gasteiger partial charge in [0, 0.05) is 6.04 Å². The van der Waals surface area contributed by atoms with Gasteiger partial charge in [0.2, 0.25) is 0 Å². The molecule has 0 spiro atoms. The van der Waals surface area contributed by atoms with Crippen LogP contribution in [0.1, 0.15) is 18.5 Å². The SMILES string of the molecule is CC(NC(CO)C(=O)O)c1ccccc1. The van der Waals surface area contributed by atoms with Gasteiger partial charge in [-0.2, -0.15) is 0 Å².